The first-order valence-corrected chi connectivity index (χ1v) is 7.34. The van der Waals surface area contributed by atoms with Gasteiger partial charge < -0.3 is 0 Å². The zero-order valence-electron chi connectivity index (χ0n) is 9.89. The number of sulfonamides is 1. The van der Waals surface area contributed by atoms with E-state index in [0.29, 0.717) is 0 Å². The van der Waals surface area contributed by atoms with Crippen molar-refractivity contribution in [2.24, 2.45) is 0 Å². The summed E-state index contributed by atoms with van der Waals surface area (Å²) < 4.78 is 38.6. The molecule has 0 N–H and O–H groups in total. The third-order valence-electron chi connectivity index (χ3n) is 2.58. The molecular formula is C11H12BrFN2O2S. The van der Waals surface area contributed by atoms with Crippen LogP contribution in [0.15, 0.2) is 27.6 Å². The van der Waals surface area contributed by atoms with Crippen LogP contribution in [0.2, 0.25) is 0 Å². The molecule has 7 heteroatoms. The van der Waals surface area contributed by atoms with Gasteiger partial charge in [-0.3, -0.25) is 0 Å². The number of benzene rings is 1. The monoisotopic (exact) mass is 334 g/mol. The fourth-order valence-corrected chi connectivity index (χ4v) is 3.22. The van der Waals surface area contributed by atoms with Gasteiger partial charge in [0.15, 0.2) is 0 Å². The van der Waals surface area contributed by atoms with E-state index in [0.717, 1.165) is 10.4 Å². The highest BCUT2D eigenvalue weighted by molar-refractivity contribution is 9.10. The molecule has 1 aromatic rings. The Morgan fingerprint density at radius 2 is 2.17 bits per heavy atom. The van der Waals surface area contributed by atoms with Gasteiger partial charge in [-0.1, -0.05) is 0 Å². The van der Waals surface area contributed by atoms with E-state index in [-0.39, 0.29) is 15.8 Å². The normalized spacial score (nSPS) is 13.3. The summed E-state index contributed by atoms with van der Waals surface area (Å²) in [6.07, 6.45) is 0.0953. The molecule has 0 aromatic heterocycles. The van der Waals surface area contributed by atoms with E-state index in [9.17, 15) is 12.8 Å². The molecule has 1 atom stereocenters. The lowest BCUT2D eigenvalue weighted by Gasteiger charge is -2.22. The van der Waals surface area contributed by atoms with E-state index in [1.807, 2.05) is 6.07 Å². The molecule has 1 aromatic carbocycles. The predicted octanol–water partition coefficient (Wildman–Crippen LogP) is 2.51. The molecule has 0 radical (unpaired) electrons. The largest absolute Gasteiger partial charge is 0.243 e. The smallest absolute Gasteiger partial charge is 0.207 e. The van der Waals surface area contributed by atoms with Crippen molar-refractivity contribution in [2.75, 3.05) is 7.05 Å². The fourth-order valence-electron chi connectivity index (χ4n) is 1.30. The second-order valence-corrected chi connectivity index (χ2v) is 6.66. The Morgan fingerprint density at radius 3 is 2.67 bits per heavy atom. The van der Waals surface area contributed by atoms with E-state index in [2.05, 4.69) is 15.9 Å². The van der Waals surface area contributed by atoms with Crippen LogP contribution < -0.4 is 0 Å². The molecule has 0 unspecified atom stereocenters. The van der Waals surface area contributed by atoms with Gasteiger partial charge in [0.2, 0.25) is 10.0 Å². The summed E-state index contributed by atoms with van der Waals surface area (Å²) >= 11 is 2.95. The number of nitrogens with zero attached hydrogens (tertiary/aromatic N) is 2. The Balaban J connectivity index is 3.14. The van der Waals surface area contributed by atoms with E-state index in [1.54, 1.807) is 6.92 Å². The third kappa shape index (κ3) is 3.07. The van der Waals surface area contributed by atoms with Crippen LogP contribution in [0.1, 0.15) is 13.3 Å². The quantitative estimate of drug-likeness (QED) is 0.849. The molecule has 0 saturated heterocycles. The fraction of sp³-hybridized carbons (Fsp3) is 0.364. The first-order chi connectivity index (χ1) is 8.30. The first kappa shape index (κ1) is 15.1. The van der Waals surface area contributed by atoms with Crippen LogP contribution in [-0.2, 0) is 10.0 Å². The second-order valence-electron chi connectivity index (χ2n) is 3.81. The van der Waals surface area contributed by atoms with Crippen molar-refractivity contribution in [3.63, 3.8) is 0 Å². The minimum atomic E-state index is -3.71. The molecule has 0 aliphatic heterocycles. The molecule has 0 aliphatic carbocycles. The lowest BCUT2D eigenvalue weighted by atomic mass is 10.3. The number of hydrogen-bond acceptors (Lipinski definition) is 3. The van der Waals surface area contributed by atoms with E-state index in [4.69, 9.17) is 5.26 Å². The van der Waals surface area contributed by atoms with Crippen LogP contribution in [0.3, 0.4) is 0 Å². The summed E-state index contributed by atoms with van der Waals surface area (Å²) in [6, 6.07) is 4.97. The maximum atomic E-state index is 13.1. The van der Waals surface area contributed by atoms with Crippen LogP contribution in [0.25, 0.3) is 0 Å². The van der Waals surface area contributed by atoms with Gasteiger partial charge in [-0.15, -0.1) is 0 Å². The lowest BCUT2D eigenvalue weighted by Crippen LogP contribution is -2.34. The summed E-state index contributed by atoms with van der Waals surface area (Å²) in [7, 11) is -2.32. The highest BCUT2D eigenvalue weighted by atomic mass is 79.9. The zero-order chi connectivity index (χ0) is 13.9. The van der Waals surface area contributed by atoms with Gasteiger partial charge >= 0.3 is 0 Å². The summed E-state index contributed by atoms with van der Waals surface area (Å²) in [5.41, 5.74) is 0. The van der Waals surface area contributed by atoms with Gasteiger partial charge in [0.05, 0.1) is 21.9 Å². The van der Waals surface area contributed by atoms with Gasteiger partial charge in [0.25, 0.3) is 0 Å². The Bertz CT molecular complexity index is 583. The predicted molar refractivity (Wildman–Crippen MR) is 68.7 cm³/mol. The summed E-state index contributed by atoms with van der Waals surface area (Å²) in [6.45, 7) is 1.64. The first-order valence-electron chi connectivity index (χ1n) is 5.10. The minimum Gasteiger partial charge on any atom is -0.207 e. The van der Waals surface area contributed by atoms with Crippen molar-refractivity contribution >= 4 is 26.0 Å². The van der Waals surface area contributed by atoms with Crippen LogP contribution in [0, 0.1) is 17.1 Å². The van der Waals surface area contributed by atoms with Gasteiger partial charge in [0, 0.05) is 13.1 Å². The molecule has 0 bridgehead atoms. The average molecular weight is 335 g/mol. The number of nitriles is 1. The van der Waals surface area contributed by atoms with Gasteiger partial charge in [-0.05, 0) is 41.1 Å². The maximum Gasteiger partial charge on any atom is 0.243 e. The molecule has 0 aliphatic rings. The number of hydrogen-bond donors (Lipinski definition) is 0. The molecule has 18 heavy (non-hydrogen) atoms. The Kier molecular flexibility index (Phi) is 4.85. The highest BCUT2D eigenvalue weighted by Gasteiger charge is 2.25. The third-order valence-corrected chi connectivity index (χ3v) is 5.15. The molecule has 0 heterocycles. The standard InChI is InChI=1S/C11H12BrFN2O2S/c1-8(5-6-14)15(2)18(16,17)9-3-4-11(13)10(12)7-9/h3-4,7-8H,5H2,1-2H3/t8-/m1/s1. The van der Waals surface area contributed by atoms with E-state index >= 15 is 0 Å². The Labute approximate surface area is 114 Å². The van der Waals surface area contributed by atoms with Crippen LogP contribution >= 0.6 is 15.9 Å². The van der Waals surface area contributed by atoms with Crippen LogP contribution in [0.4, 0.5) is 4.39 Å². The lowest BCUT2D eigenvalue weighted by molar-refractivity contribution is 0.393. The minimum absolute atomic E-state index is 0.0111. The number of rotatable bonds is 4. The second kappa shape index (κ2) is 5.78. The molecule has 0 fully saturated rings. The van der Waals surface area contributed by atoms with E-state index in [1.165, 1.54) is 19.2 Å². The highest BCUT2D eigenvalue weighted by Crippen LogP contribution is 2.23. The van der Waals surface area contributed by atoms with Crippen molar-refractivity contribution in [1.82, 2.24) is 4.31 Å². The zero-order valence-corrected chi connectivity index (χ0v) is 12.3. The van der Waals surface area contributed by atoms with Gasteiger partial charge in [-0.25, -0.2) is 12.8 Å². The molecule has 4 nitrogen and oxygen atoms in total. The number of halogens is 2. The van der Waals surface area contributed by atoms with Crippen molar-refractivity contribution in [1.29, 1.82) is 5.26 Å². The Hall–Kier alpha value is -0.970. The van der Waals surface area contributed by atoms with Crippen molar-refractivity contribution in [3.05, 3.63) is 28.5 Å². The van der Waals surface area contributed by atoms with Gasteiger partial charge in [0.1, 0.15) is 5.82 Å². The Morgan fingerprint density at radius 1 is 1.56 bits per heavy atom. The van der Waals surface area contributed by atoms with Crippen LogP contribution in [0.5, 0.6) is 0 Å². The molecular weight excluding hydrogens is 323 g/mol. The van der Waals surface area contributed by atoms with Crippen molar-refractivity contribution in [3.8, 4) is 6.07 Å². The summed E-state index contributed by atoms with van der Waals surface area (Å²) in [4.78, 5) is -0.0111. The van der Waals surface area contributed by atoms with Crippen molar-refractivity contribution < 1.29 is 12.8 Å². The summed E-state index contributed by atoms with van der Waals surface area (Å²) in [5, 5.41) is 8.57. The molecule has 0 spiro atoms. The molecule has 0 amide bonds. The van der Waals surface area contributed by atoms with E-state index < -0.39 is 21.9 Å². The van der Waals surface area contributed by atoms with Crippen molar-refractivity contribution in [2.45, 2.75) is 24.3 Å². The van der Waals surface area contributed by atoms with Gasteiger partial charge in [-0.2, -0.15) is 9.57 Å². The molecule has 1 rings (SSSR count). The SMILES string of the molecule is C[C@H](CC#N)N(C)S(=O)(=O)c1ccc(F)c(Br)c1. The van der Waals surface area contributed by atoms with Crippen LogP contribution in [-0.4, -0.2) is 25.8 Å². The molecule has 98 valence electrons. The maximum absolute atomic E-state index is 13.1. The molecule has 0 saturated carbocycles. The topological polar surface area (TPSA) is 61.2 Å². The average Bonchev–Trinajstić information content (AvgIpc) is 2.31. The summed E-state index contributed by atoms with van der Waals surface area (Å²) in [5.74, 6) is -0.526.